The summed E-state index contributed by atoms with van der Waals surface area (Å²) in [5.41, 5.74) is 7.30. The number of carbonyl (C=O) groups excluding carboxylic acids is 2. The third-order valence-electron chi connectivity index (χ3n) is 3.06. The number of benzene rings is 1. The predicted octanol–water partition coefficient (Wildman–Crippen LogP) is 1.85. The van der Waals surface area contributed by atoms with Gasteiger partial charge in [-0.1, -0.05) is 26.0 Å². The molecule has 1 rings (SSSR count). The van der Waals surface area contributed by atoms with Gasteiger partial charge in [-0.15, -0.1) is 12.4 Å². The fourth-order valence-corrected chi connectivity index (χ4v) is 2.02. The van der Waals surface area contributed by atoms with Crippen LogP contribution >= 0.6 is 12.4 Å². The summed E-state index contributed by atoms with van der Waals surface area (Å²) >= 11 is 0. The first-order valence-electron chi connectivity index (χ1n) is 7.34. The van der Waals surface area contributed by atoms with Crippen molar-refractivity contribution in [3.05, 3.63) is 35.4 Å². The smallest absolute Gasteiger partial charge is 0.251 e. The molecule has 0 radical (unpaired) electrons. The molecule has 5 nitrogen and oxygen atoms in total. The summed E-state index contributed by atoms with van der Waals surface area (Å²) in [6.07, 6.45) is 0.658. The molecule has 0 saturated carbocycles. The monoisotopic (exact) mass is 327 g/mol. The van der Waals surface area contributed by atoms with E-state index in [1.165, 1.54) is 0 Å². The molecule has 0 spiro atoms. The standard InChI is InChI=1S/C16H25N3O2.ClH/c1-4-18-15(20)13-7-5-6-12(9-13)10-19-16(21)14(17)8-11(2)3;/h5-7,9,11,14H,4,8,10,17H2,1-3H3,(H,18,20)(H,19,21);1H/t14-;/m0./s1. The van der Waals surface area contributed by atoms with Crippen LogP contribution in [0.4, 0.5) is 0 Å². The SMILES string of the molecule is CCNC(=O)c1cccc(CNC(=O)[C@@H](N)CC(C)C)c1.Cl. The number of rotatable bonds is 7. The van der Waals surface area contributed by atoms with Gasteiger partial charge in [0.25, 0.3) is 5.91 Å². The highest BCUT2D eigenvalue weighted by Gasteiger charge is 2.14. The lowest BCUT2D eigenvalue weighted by atomic mass is 10.0. The molecule has 2 amide bonds. The van der Waals surface area contributed by atoms with Crippen LogP contribution in [-0.2, 0) is 11.3 Å². The van der Waals surface area contributed by atoms with Gasteiger partial charge in [0.05, 0.1) is 6.04 Å². The third kappa shape index (κ3) is 6.91. The number of amides is 2. The molecule has 0 heterocycles. The summed E-state index contributed by atoms with van der Waals surface area (Å²) in [6, 6.07) is 6.72. The number of nitrogens with two attached hydrogens (primary N) is 1. The Labute approximate surface area is 138 Å². The first-order chi connectivity index (χ1) is 9.93. The predicted molar refractivity (Wildman–Crippen MR) is 91.0 cm³/mol. The summed E-state index contributed by atoms with van der Waals surface area (Å²) in [4.78, 5) is 23.6. The van der Waals surface area contributed by atoms with Crippen LogP contribution in [0.1, 0.15) is 43.1 Å². The van der Waals surface area contributed by atoms with Crippen molar-refractivity contribution < 1.29 is 9.59 Å². The van der Waals surface area contributed by atoms with Gasteiger partial charge in [0, 0.05) is 18.7 Å². The lowest BCUT2D eigenvalue weighted by Crippen LogP contribution is -2.41. The van der Waals surface area contributed by atoms with Crippen LogP contribution in [0.2, 0.25) is 0 Å². The van der Waals surface area contributed by atoms with Gasteiger partial charge >= 0.3 is 0 Å². The molecule has 0 aliphatic rings. The molecular weight excluding hydrogens is 302 g/mol. The zero-order valence-corrected chi connectivity index (χ0v) is 14.2. The van der Waals surface area contributed by atoms with Gasteiger partial charge in [-0.2, -0.15) is 0 Å². The lowest BCUT2D eigenvalue weighted by Gasteiger charge is -2.14. The number of carbonyl (C=O) groups is 2. The zero-order valence-electron chi connectivity index (χ0n) is 13.4. The molecule has 0 fully saturated rings. The van der Waals surface area contributed by atoms with E-state index < -0.39 is 6.04 Å². The molecule has 0 aliphatic carbocycles. The molecule has 1 aromatic rings. The van der Waals surface area contributed by atoms with Crippen LogP contribution in [0.15, 0.2) is 24.3 Å². The molecule has 1 aromatic carbocycles. The molecule has 4 N–H and O–H groups in total. The largest absolute Gasteiger partial charge is 0.352 e. The summed E-state index contributed by atoms with van der Waals surface area (Å²) in [5, 5.41) is 5.55. The minimum Gasteiger partial charge on any atom is -0.352 e. The molecule has 1 atom stereocenters. The van der Waals surface area contributed by atoms with Crippen LogP contribution in [0, 0.1) is 5.92 Å². The molecule has 6 heteroatoms. The van der Waals surface area contributed by atoms with E-state index in [-0.39, 0.29) is 24.2 Å². The molecule has 0 saturated heterocycles. The van der Waals surface area contributed by atoms with Crippen LogP contribution in [0.5, 0.6) is 0 Å². The van der Waals surface area contributed by atoms with E-state index in [1.807, 2.05) is 26.8 Å². The van der Waals surface area contributed by atoms with Crippen LogP contribution < -0.4 is 16.4 Å². The maximum atomic E-state index is 11.9. The second-order valence-electron chi connectivity index (χ2n) is 5.51. The highest BCUT2D eigenvalue weighted by atomic mass is 35.5. The van der Waals surface area contributed by atoms with Crippen molar-refractivity contribution >= 4 is 24.2 Å². The molecule has 0 aliphatic heterocycles. The highest BCUT2D eigenvalue weighted by Crippen LogP contribution is 2.06. The summed E-state index contributed by atoms with van der Waals surface area (Å²) in [5.74, 6) is 0.112. The van der Waals surface area contributed by atoms with Crippen LogP contribution in [-0.4, -0.2) is 24.4 Å². The summed E-state index contributed by atoms with van der Waals surface area (Å²) in [7, 11) is 0. The molecule has 0 bridgehead atoms. The Morgan fingerprint density at radius 1 is 1.23 bits per heavy atom. The van der Waals surface area contributed by atoms with Gasteiger partial charge in [0.1, 0.15) is 0 Å². The number of hydrogen-bond donors (Lipinski definition) is 3. The topological polar surface area (TPSA) is 84.2 Å². The van der Waals surface area contributed by atoms with E-state index in [4.69, 9.17) is 5.73 Å². The average Bonchev–Trinajstić information content (AvgIpc) is 2.44. The van der Waals surface area contributed by atoms with Crippen molar-refractivity contribution in [2.75, 3.05) is 6.54 Å². The van der Waals surface area contributed by atoms with E-state index in [1.54, 1.807) is 18.2 Å². The highest BCUT2D eigenvalue weighted by molar-refractivity contribution is 5.94. The van der Waals surface area contributed by atoms with Crippen molar-refractivity contribution in [2.45, 2.75) is 39.8 Å². The fourth-order valence-electron chi connectivity index (χ4n) is 2.02. The molecule has 22 heavy (non-hydrogen) atoms. The van der Waals surface area contributed by atoms with Crippen molar-refractivity contribution in [3.63, 3.8) is 0 Å². The van der Waals surface area contributed by atoms with E-state index in [9.17, 15) is 9.59 Å². The Balaban J connectivity index is 0.00000441. The first-order valence-corrected chi connectivity index (χ1v) is 7.34. The van der Waals surface area contributed by atoms with Crippen molar-refractivity contribution in [1.82, 2.24) is 10.6 Å². The van der Waals surface area contributed by atoms with Gasteiger partial charge in [-0.25, -0.2) is 0 Å². The zero-order chi connectivity index (χ0) is 15.8. The minimum absolute atomic E-state index is 0. The lowest BCUT2D eigenvalue weighted by molar-refractivity contribution is -0.122. The summed E-state index contributed by atoms with van der Waals surface area (Å²) in [6.45, 7) is 6.89. The summed E-state index contributed by atoms with van der Waals surface area (Å²) < 4.78 is 0. The maximum Gasteiger partial charge on any atom is 0.251 e. The number of hydrogen-bond acceptors (Lipinski definition) is 3. The quantitative estimate of drug-likeness (QED) is 0.714. The van der Waals surface area contributed by atoms with Gasteiger partial charge < -0.3 is 16.4 Å². The average molecular weight is 328 g/mol. The minimum atomic E-state index is -0.489. The Bertz CT molecular complexity index is 492. The van der Waals surface area contributed by atoms with Gasteiger partial charge in [-0.05, 0) is 37.0 Å². The van der Waals surface area contributed by atoms with Crippen LogP contribution in [0.3, 0.4) is 0 Å². The van der Waals surface area contributed by atoms with Crippen molar-refractivity contribution in [1.29, 1.82) is 0 Å². The van der Waals surface area contributed by atoms with Gasteiger partial charge in [0.2, 0.25) is 5.91 Å². The number of halogens is 1. The maximum absolute atomic E-state index is 11.9. The normalized spacial score (nSPS) is 11.5. The van der Waals surface area contributed by atoms with Gasteiger partial charge in [0.15, 0.2) is 0 Å². The van der Waals surface area contributed by atoms with Crippen molar-refractivity contribution in [2.24, 2.45) is 11.7 Å². The Hall–Kier alpha value is -1.59. The molecular formula is C16H26ClN3O2. The third-order valence-corrected chi connectivity index (χ3v) is 3.06. The van der Waals surface area contributed by atoms with E-state index in [0.717, 1.165) is 5.56 Å². The first kappa shape index (κ1) is 20.4. The Kier molecular flexibility index (Phi) is 9.45. The Morgan fingerprint density at radius 2 is 1.91 bits per heavy atom. The van der Waals surface area contributed by atoms with E-state index in [0.29, 0.717) is 31.0 Å². The van der Waals surface area contributed by atoms with Crippen molar-refractivity contribution in [3.8, 4) is 0 Å². The van der Waals surface area contributed by atoms with Gasteiger partial charge in [-0.3, -0.25) is 9.59 Å². The molecule has 0 unspecified atom stereocenters. The molecule has 124 valence electrons. The fraction of sp³-hybridized carbons (Fsp3) is 0.500. The second-order valence-corrected chi connectivity index (χ2v) is 5.51. The van der Waals surface area contributed by atoms with E-state index in [2.05, 4.69) is 10.6 Å². The van der Waals surface area contributed by atoms with Crippen LogP contribution in [0.25, 0.3) is 0 Å². The Morgan fingerprint density at radius 3 is 2.50 bits per heavy atom. The van der Waals surface area contributed by atoms with E-state index >= 15 is 0 Å². The number of nitrogens with one attached hydrogen (secondary N) is 2. The second kappa shape index (κ2) is 10.2. The molecule has 0 aromatic heterocycles.